The van der Waals surface area contributed by atoms with Crippen LogP contribution in [0.1, 0.15) is 12.0 Å². The summed E-state index contributed by atoms with van der Waals surface area (Å²) >= 11 is 3.42. The molecular weight excluding hydrogens is 290 g/mol. The Morgan fingerprint density at radius 1 is 1.31 bits per heavy atom. The van der Waals surface area contributed by atoms with Crippen molar-refractivity contribution >= 4 is 31.5 Å². The number of benzene rings is 1. The van der Waals surface area contributed by atoms with Crippen molar-refractivity contribution in [2.75, 3.05) is 23.9 Å². The quantitative estimate of drug-likeness (QED) is 0.851. The van der Waals surface area contributed by atoms with Crippen molar-refractivity contribution in [3.05, 3.63) is 28.2 Å². The van der Waals surface area contributed by atoms with E-state index in [2.05, 4.69) is 21.2 Å². The minimum Gasteiger partial charge on any atom is -0.385 e. The number of rotatable bonds is 5. The van der Waals surface area contributed by atoms with E-state index in [1.165, 1.54) is 11.8 Å². The van der Waals surface area contributed by atoms with Gasteiger partial charge in [0.25, 0.3) is 0 Å². The number of sulfone groups is 1. The zero-order chi connectivity index (χ0) is 12.2. The maximum absolute atomic E-state index is 10.9. The molecule has 0 atom stereocenters. The molecule has 0 aromatic heterocycles. The summed E-state index contributed by atoms with van der Waals surface area (Å²) in [4.78, 5) is 0. The van der Waals surface area contributed by atoms with Crippen molar-refractivity contribution in [1.29, 1.82) is 0 Å². The van der Waals surface area contributed by atoms with E-state index in [1.54, 1.807) is 0 Å². The SMILES string of the molecule is Cc1cc(Br)cc(NCCCS(C)(=O)=O)c1. The van der Waals surface area contributed by atoms with E-state index in [4.69, 9.17) is 0 Å². The fourth-order valence-electron chi connectivity index (χ4n) is 1.41. The maximum atomic E-state index is 10.9. The number of hydrogen-bond acceptors (Lipinski definition) is 3. The van der Waals surface area contributed by atoms with Gasteiger partial charge in [-0.25, -0.2) is 8.42 Å². The first-order chi connectivity index (χ1) is 7.37. The van der Waals surface area contributed by atoms with Crippen LogP contribution < -0.4 is 5.32 Å². The van der Waals surface area contributed by atoms with Gasteiger partial charge in [-0.1, -0.05) is 15.9 Å². The number of halogens is 1. The molecule has 0 saturated heterocycles. The van der Waals surface area contributed by atoms with E-state index in [0.717, 1.165) is 10.2 Å². The van der Waals surface area contributed by atoms with Crippen molar-refractivity contribution in [1.82, 2.24) is 0 Å². The molecule has 0 aliphatic carbocycles. The Morgan fingerprint density at radius 2 is 2.00 bits per heavy atom. The van der Waals surface area contributed by atoms with Gasteiger partial charge in [-0.15, -0.1) is 0 Å². The van der Waals surface area contributed by atoms with Gasteiger partial charge in [-0.3, -0.25) is 0 Å². The summed E-state index contributed by atoms with van der Waals surface area (Å²) in [6.45, 7) is 2.69. The van der Waals surface area contributed by atoms with Crippen LogP contribution >= 0.6 is 15.9 Å². The van der Waals surface area contributed by atoms with E-state index in [-0.39, 0.29) is 5.75 Å². The van der Waals surface area contributed by atoms with Gasteiger partial charge in [0.15, 0.2) is 0 Å². The lowest BCUT2D eigenvalue weighted by Gasteiger charge is -2.07. The van der Waals surface area contributed by atoms with Gasteiger partial charge in [-0.2, -0.15) is 0 Å². The molecule has 0 aliphatic rings. The zero-order valence-electron chi connectivity index (χ0n) is 9.46. The molecule has 1 aromatic carbocycles. The average molecular weight is 306 g/mol. The lowest BCUT2D eigenvalue weighted by atomic mass is 10.2. The second kappa shape index (κ2) is 5.68. The first-order valence-corrected chi connectivity index (χ1v) is 7.91. The summed E-state index contributed by atoms with van der Waals surface area (Å²) in [5.41, 5.74) is 2.18. The molecule has 5 heteroatoms. The summed E-state index contributed by atoms with van der Waals surface area (Å²) in [6.07, 6.45) is 1.89. The van der Waals surface area contributed by atoms with Gasteiger partial charge in [0, 0.05) is 23.0 Å². The van der Waals surface area contributed by atoms with Gasteiger partial charge in [0.2, 0.25) is 0 Å². The molecule has 1 aromatic rings. The molecule has 0 aliphatic heterocycles. The Labute approximate surface area is 105 Å². The average Bonchev–Trinajstić information content (AvgIpc) is 2.09. The molecule has 0 spiro atoms. The molecule has 0 amide bonds. The molecule has 0 heterocycles. The molecule has 0 unspecified atom stereocenters. The third kappa shape index (κ3) is 5.51. The number of anilines is 1. The van der Waals surface area contributed by atoms with Gasteiger partial charge < -0.3 is 5.32 Å². The normalized spacial score (nSPS) is 11.4. The van der Waals surface area contributed by atoms with Crippen molar-refractivity contribution in [3.8, 4) is 0 Å². The minimum atomic E-state index is -2.84. The zero-order valence-corrected chi connectivity index (χ0v) is 11.9. The Morgan fingerprint density at radius 3 is 2.56 bits per heavy atom. The topological polar surface area (TPSA) is 46.2 Å². The van der Waals surface area contributed by atoms with Gasteiger partial charge >= 0.3 is 0 Å². The van der Waals surface area contributed by atoms with Crippen LogP contribution in [0.25, 0.3) is 0 Å². The molecule has 1 N–H and O–H groups in total. The highest BCUT2D eigenvalue weighted by atomic mass is 79.9. The highest BCUT2D eigenvalue weighted by Gasteiger charge is 2.01. The van der Waals surface area contributed by atoms with Crippen LogP contribution in [0.5, 0.6) is 0 Å². The van der Waals surface area contributed by atoms with Gasteiger partial charge in [-0.05, 0) is 37.1 Å². The molecular formula is C11H16BrNO2S. The summed E-state index contributed by atoms with van der Waals surface area (Å²) < 4.78 is 22.9. The molecule has 3 nitrogen and oxygen atoms in total. The molecule has 0 fully saturated rings. The van der Waals surface area contributed by atoms with E-state index in [0.29, 0.717) is 13.0 Å². The second-order valence-electron chi connectivity index (χ2n) is 3.93. The Kier molecular flexibility index (Phi) is 4.80. The first kappa shape index (κ1) is 13.5. The summed E-state index contributed by atoms with van der Waals surface area (Å²) in [6, 6.07) is 6.04. The van der Waals surface area contributed by atoms with Crippen molar-refractivity contribution in [3.63, 3.8) is 0 Å². The van der Waals surface area contributed by atoms with Crippen LogP contribution in [-0.2, 0) is 9.84 Å². The number of hydrogen-bond donors (Lipinski definition) is 1. The molecule has 16 heavy (non-hydrogen) atoms. The van der Waals surface area contributed by atoms with E-state index in [9.17, 15) is 8.42 Å². The molecule has 0 saturated carbocycles. The molecule has 90 valence electrons. The van der Waals surface area contributed by atoms with Crippen molar-refractivity contribution < 1.29 is 8.42 Å². The van der Waals surface area contributed by atoms with Crippen LogP contribution in [0.4, 0.5) is 5.69 Å². The monoisotopic (exact) mass is 305 g/mol. The largest absolute Gasteiger partial charge is 0.385 e. The van der Waals surface area contributed by atoms with Crippen LogP contribution in [0.2, 0.25) is 0 Å². The first-order valence-electron chi connectivity index (χ1n) is 5.05. The lowest BCUT2D eigenvalue weighted by Crippen LogP contribution is -2.09. The summed E-state index contributed by atoms with van der Waals surface area (Å²) in [5, 5.41) is 3.20. The van der Waals surface area contributed by atoms with E-state index < -0.39 is 9.84 Å². The lowest BCUT2D eigenvalue weighted by molar-refractivity contribution is 0.600. The molecule has 0 bridgehead atoms. The minimum absolute atomic E-state index is 0.229. The van der Waals surface area contributed by atoms with Crippen LogP contribution in [0, 0.1) is 6.92 Å². The second-order valence-corrected chi connectivity index (χ2v) is 7.10. The molecule has 1 rings (SSSR count). The van der Waals surface area contributed by atoms with Crippen LogP contribution in [0.15, 0.2) is 22.7 Å². The summed E-state index contributed by atoms with van der Waals surface area (Å²) in [7, 11) is -2.84. The van der Waals surface area contributed by atoms with Crippen molar-refractivity contribution in [2.45, 2.75) is 13.3 Å². The maximum Gasteiger partial charge on any atom is 0.147 e. The molecule has 0 radical (unpaired) electrons. The van der Waals surface area contributed by atoms with Crippen molar-refractivity contribution in [2.24, 2.45) is 0 Å². The third-order valence-corrected chi connectivity index (χ3v) is 3.55. The highest BCUT2D eigenvalue weighted by molar-refractivity contribution is 9.10. The van der Waals surface area contributed by atoms with Crippen LogP contribution in [0.3, 0.4) is 0 Å². The number of aryl methyl sites for hydroxylation is 1. The fraction of sp³-hybridized carbons (Fsp3) is 0.455. The predicted molar refractivity (Wildman–Crippen MR) is 71.7 cm³/mol. The predicted octanol–water partition coefficient (Wildman–Crippen LogP) is 2.60. The fourth-order valence-corrected chi connectivity index (χ4v) is 2.68. The summed E-state index contributed by atoms with van der Waals surface area (Å²) in [5.74, 6) is 0.229. The van der Waals surface area contributed by atoms with Crippen LogP contribution in [-0.4, -0.2) is 27.0 Å². The Bertz CT molecular complexity index is 437. The standard InChI is InChI=1S/C11H16BrNO2S/c1-9-6-10(12)8-11(7-9)13-4-3-5-16(2,14)15/h6-8,13H,3-5H2,1-2H3. The van der Waals surface area contributed by atoms with E-state index >= 15 is 0 Å². The Hall–Kier alpha value is -0.550. The van der Waals surface area contributed by atoms with Gasteiger partial charge in [0.1, 0.15) is 9.84 Å². The number of nitrogens with one attached hydrogen (secondary N) is 1. The smallest absolute Gasteiger partial charge is 0.147 e. The van der Waals surface area contributed by atoms with Gasteiger partial charge in [0.05, 0.1) is 5.75 Å². The van der Waals surface area contributed by atoms with E-state index in [1.807, 2.05) is 25.1 Å². The Balaban J connectivity index is 2.43. The highest BCUT2D eigenvalue weighted by Crippen LogP contribution is 2.18. The third-order valence-electron chi connectivity index (χ3n) is 2.06.